The standard InChI is InChI=1S/C20H16ClN3O2/c1-11-3-6-18-16(7-11)15(9-19(25)26)12(2)24(18)20-14-5-4-13(21)8-17(14)22-10-23-20/h3-8,10H,9H2,1-2H3,(H,25,26). The average molecular weight is 366 g/mol. The minimum atomic E-state index is -0.854. The maximum absolute atomic E-state index is 11.4. The molecule has 2 heterocycles. The highest BCUT2D eigenvalue weighted by atomic mass is 35.5. The number of hydrogen-bond donors (Lipinski definition) is 1. The highest BCUT2D eigenvalue weighted by Crippen LogP contribution is 2.32. The van der Waals surface area contributed by atoms with E-state index >= 15 is 0 Å². The van der Waals surface area contributed by atoms with Gasteiger partial charge in [-0.25, -0.2) is 9.97 Å². The molecule has 0 aliphatic rings. The van der Waals surface area contributed by atoms with Gasteiger partial charge >= 0.3 is 5.97 Å². The topological polar surface area (TPSA) is 68.0 Å². The van der Waals surface area contributed by atoms with Crippen molar-refractivity contribution in [1.29, 1.82) is 0 Å². The first-order chi connectivity index (χ1) is 12.5. The fourth-order valence-corrected chi connectivity index (χ4v) is 3.60. The van der Waals surface area contributed by atoms with Crippen LogP contribution in [0, 0.1) is 13.8 Å². The van der Waals surface area contributed by atoms with Crippen molar-refractivity contribution in [3.63, 3.8) is 0 Å². The monoisotopic (exact) mass is 365 g/mol. The van der Waals surface area contributed by atoms with E-state index in [9.17, 15) is 9.90 Å². The number of rotatable bonds is 3. The van der Waals surface area contributed by atoms with Gasteiger partial charge < -0.3 is 5.11 Å². The van der Waals surface area contributed by atoms with Gasteiger partial charge in [0.15, 0.2) is 0 Å². The largest absolute Gasteiger partial charge is 0.481 e. The van der Waals surface area contributed by atoms with Gasteiger partial charge in [-0.05, 0) is 49.7 Å². The third-order valence-corrected chi connectivity index (χ3v) is 4.84. The second-order valence-corrected chi connectivity index (χ2v) is 6.79. The molecule has 1 N–H and O–H groups in total. The van der Waals surface area contributed by atoms with Crippen LogP contribution in [0.3, 0.4) is 0 Å². The molecule has 0 bridgehead atoms. The van der Waals surface area contributed by atoms with Crippen molar-refractivity contribution in [1.82, 2.24) is 14.5 Å². The number of aliphatic carboxylic acids is 1. The number of aryl methyl sites for hydroxylation is 1. The van der Waals surface area contributed by atoms with Gasteiger partial charge in [0.2, 0.25) is 0 Å². The van der Waals surface area contributed by atoms with Crippen LogP contribution < -0.4 is 0 Å². The van der Waals surface area contributed by atoms with Gasteiger partial charge in [0.05, 0.1) is 17.5 Å². The van der Waals surface area contributed by atoms with E-state index in [-0.39, 0.29) is 6.42 Å². The Morgan fingerprint density at radius 2 is 1.92 bits per heavy atom. The van der Waals surface area contributed by atoms with Gasteiger partial charge in [-0.1, -0.05) is 23.2 Å². The zero-order chi connectivity index (χ0) is 18.4. The molecule has 0 fully saturated rings. The maximum Gasteiger partial charge on any atom is 0.307 e. The summed E-state index contributed by atoms with van der Waals surface area (Å²) in [7, 11) is 0. The number of carboxylic acid groups (broad SMARTS) is 1. The summed E-state index contributed by atoms with van der Waals surface area (Å²) in [6.07, 6.45) is 1.47. The number of nitrogens with zero attached hydrogens (tertiary/aromatic N) is 3. The van der Waals surface area contributed by atoms with E-state index in [1.807, 2.05) is 42.7 Å². The Labute approximate surface area is 154 Å². The zero-order valence-electron chi connectivity index (χ0n) is 14.3. The summed E-state index contributed by atoms with van der Waals surface area (Å²) in [5.74, 6) is -0.136. The van der Waals surface area contributed by atoms with Crippen LogP contribution in [-0.4, -0.2) is 25.6 Å². The molecule has 0 saturated carbocycles. The van der Waals surface area contributed by atoms with E-state index in [1.165, 1.54) is 6.33 Å². The van der Waals surface area contributed by atoms with Crippen LogP contribution in [0.2, 0.25) is 5.02 Å². The first-order valence-corrected chi connectivity index (χ1v) is 8.56. The molecule has 0 aliphatic carbocycles. The summed E-state index contributed by atoms with van der Waals surface area (Å²) >= 11 is 6.09. The number of fused-ring (bicyclic) bond motifs is 2. The highest BCUT2D eigenvalue weighted by molar-refractivity contribution is 6.31. The fourth-order valence-electron chi connectivity index (χ4n) is 3.44. The van der Waals surface area contributed by atoms with E-state index in [0.717, 1.165) is 44.4 Å². The summed E-state index contributed by atoms with van der Waals surface area (Å²) in [4.78, 5) is 20.2. The molecule has 0 unspecified atom stereocenters. The Balaban J connectivity index is 2.10. The van der Waals surface area contributed by atoms with Crippen molar-refractivity contribution in [3.8, 4) is 5.82 Å². The van der Waals surface area contributed by atoms with Crippen molar-refractivity contribution in [3.05, 3.63) is 64.6 Å². The van der Waals surface area contributed by atoms with Crippen molar-refractivity contribution in [2.45, 2.75) is 20.3 Å². The normalized spacial score (nSPS) is 11.3. The molecule has 2 aromatic carbocycles. The lowest BCUT2D eigenvalue weighted by molar-refractivity contribution is -0.136. The number of benzene rings is 2. The molecule has 26 heavy (non-hydrogen) atoms. The Kier molecular flexibility index (Phi) is 3.89. The molecule has 0 amide bonds. The number of carbonyl (C=O) groups is 1. The average Bonchev–Trinajstić information content (AvgIpc) is 2.85. The highest BCUT2D eigenvalue weighted by Gasteiger charge is 2.19. The minimum absolute atomic E-state index is 0.0341. The molecule has 0 aliphatic heterocycles. The van der Waals surface area contributed by atoms with E-state index in [2.05, 4.69) is 9.97 Å². The van der Waals surface area contributed by atoms with Gasteiger partial charge in [-0.2, -0.15) is 0 Å². The van der Waals surface area contributed by atoms with Gasteiger partial charge in [0.25, 0.3) is 0 Å². The smallest absolute Gasteiger partial charge is 0.307 e. The van der Waals surface area contributed by atoms with Crippen molar-refractivity contribution in [2.24, 2.45) is 0 Å². The summed E-state index contributed by atoms with van der Waals surface area (Å²) in [6.45, 7) is 3.93. The Hall–Kier alpha value is -2.92. The second-order valence-electron chi connectivity index (χ2n) is 6.35. The lowest BCUT2D eigenvalue weighted by Gasteiger charge is -2.11. The predicted molar refractivity (Wildman–Crippen MR) is 102 cm³/mol. The van der Waals surface area contributed by atoms with Crippen LogP contribution in [0.25, 0.3) is 27.6 Å². The summed E-state index contributed by atoms with van der Waals surface area (Å²) in [5.41, 5.74) is 4.43. The van der Waals surface area contributed by atoms with E-state index in [0.29, 0.717) is 5.02 Å². The number of carboxylic acids is 1. The maximum atomic E-state index is 11.4. The van der Waals surface area contributed by atoms with Gasteiger partial charge in [0, 0.05) is 21.5 Å². The molecule has 0 atom stereocenters. The molecule has 0 saturated heterocycles. The van der Waals surface area contributed by atoms with Crippen LogP contribution in [0.4, 0.5) is 0 Å². The van der Waals surface area contributed by atoms with Crippen LogP contribution >= 0.6 is 11.6 Å². The van der Waals surface area contributed by atoms with Crippen LogP contribution in [0.5, 0.6) is 0 Å². The molecule has 4 rings (SSSR count). The van der Waals surface area contributed by atoms with Crippen molar-refractivity contribution >= 4 is 39.4 Å². The summed E-state index contributed by atoms with van der Waals surface area (Å²) in [6, 6.07) is 11.5. The number of halogens is 1. The predicted octanol–water partition coefficient (Wildman–Crippen LogP) is 4.47. The fraction of sp³-hybridized carbons (Fsp3) is 0.150. The zero-order valence-corrected chi connectivity index (χ0v) is 15.1. The lowest BCUT2D eigenvalue weighted by Crippen LogP contribution is -2.04. The Bertz CT molecular complexity index is 1180. The van der Waals surface area contributed by atoms with Crippen LogP contribution in [0.15, 0.2) is 42.7 Å². The lowest BCUT2D eigenvalue weighted by atomic mass is 10.1. The van der Waals surface area contributed by atoms with Crippen molar-refractivity contribution in [2.75, 3.05) is 0 Å². The number of hydrogen-bond acceptors (Lipinski definition) is 3. The molecule has 2 aromatic heterocycles. The summed E-state index contributed by atoms with van der Waals surface area (Å²) in [5, 5.41) is 11.8. The molecule has 0 radical (unpaired) electrons. The first kappa shape index (κ1) is 16.5. The van der Waals surface area contributed by atoms with Crippen molar-refractivity contribution < 1.29 is 9.90 Å². The van der Waals surface area contributed by atoms with Gasteiger partial charge in [-0.3, -0.25) is 9.36 Å². The number of aromatic nitrogens is 3. The second kappa shape index (κ2) is 6.11. The van der Waals surface area contributed by atoms with Gasteiger partial charge in [0.1, 0.15) is 12.1 Å². The third-order valence-electron chi connectivity index (χ3n) is 4.61. The molecule has 6 heteroatoms. The third kappa shape index (κ3) is 2.61. The summed E-state index contributed by atoms with van der Waals surface area (Å²) < 4.78 is 2.00. The first-order valence-electron chi connectivity index (χ1n) is 8.18. The van der Waals surface area contributed by atoms with E-state index in [1.54, 1.807) is 12.1 Å². The molecular formula is C20H16ClN3O2. The molecular weight excluding hydrogens is 350 g/mol. The molecule has 4 aromatic rings. The SMILES string of the molecule is Cc1ccc2c(c1)c(CC(=O)O)c(C)n2-c1ncnc2cc(Cl)ccc12. The Morgan fingerprint density at radius 3 is 2.69 bits per heavy atom. The Morgan fingerprint density at radius 1 is 1.12 bits per heavy atom. The molecule has 130 valence electrons. The quantitative estimate of drug-likeness (QED) is 0.581. The minimum Gasteiger partial charge on any atom is -0.481 e. The molecule has 5 nitrogen and oxygen atoms in total. The van der Waals surface area contributed by atoms with Crippen LogP contribution in [0.1, 0.15) is 16.8 Å². The van der Waals surface area contributed by atoms with Gasteiger partial charge in [-0.15, -0.1) is 0 Å². The van der Waals surface area contributed by atoms with E-state index in [4.69, 9.17) is 11.6 Å². The van der Waals surface area contributed by atoms with E-state index < -0.39 is 5.97 Å². The molecule has 0 spiro atoms. The van der Waals surface area contributed by atoms with Crippen LogP contribution in [-0.2, 0) is 11.2 Å².